The molecule has 0 spiro atoms. The van der Waals surface area contributed by atoms with Gasteiger partial charge in [-0.3, -0.25) is 0 Å². The maximum absolute atomic E-state index is 8.54. The second-order valence-electron chi connectivity index (χ2n) is 3.90. The molecule has 82 valence electrons. The SMILES string of the molecule is CCC(CC#N)NCCCC(C)CN. The fraction of sp³-hybridized carbons (Fsp3) is 0.909. The fourth-order valence-corrected chi connectivity index (χ4v) is 1.35. The van der Waals surface area contributed by atoms with Gasteiger partial charge in [-0.15, -0.1) is 0 Å². The van der Waals surface area contributed by atoms with Crippen LogP contribution in [0.2, 0.25) is 0 Å². The van der Waals surface area contributed by atoms with Gasteiger partial charge in [-0.05, 0) is 38.3 Å². The lowest BCUT2D eigenvalue weighted by molar-refractivity contribution is 0.457. The molecule has 0 aromatic heterocycles. The highest BCUT2D eigenvalue weighted by molar-refractivity contribution is 4.79. The average molecular weight is 197 g/mol. The highest BCUT2D eigenvalue weighted by Gasteiger charge is 2.04. The van der Waals surface area contributed by atoms with Crippen molar-refractivity contribution < 1.29 is 0 Å². The summed E-state index contributed by atoms with van der Waals surface area (Å²) in [6.07, 6.45) is 3.97. The van der Waals surface area contributed by atoms with Crippen LogP contribution in [0, 0.1) is 17.2 Å². The normalized spacial score (nSPS) is 14.7. The number of hydrogen-bond donors (Lipinski definition) is 2. The zero-order valence-electron chi connectivity index (χ0n) is 9.42. The highest BCUT2D eigenvalue weighted by atomic mass is 14.9. The Kier molecular flexibility index (Phi) is 8.61. The van der Waals surface area contributed by atoms with E-state index < -0.39 is 0 Å². The van der Waals surface area contributed by atoms with Gasteiger partial charge in [0, 0.05) is 6.04 Å². The molecule has 0 rings (SSSR count). The van der Waals surface area contributed by atoms with E-state index in [2.05, 4.69) is 25.2 Å². The predicted octanol–water partition coefficient (Wildman–Crippen LogP) is 1.64. The molecule has 3 nitrogen and oxygen atoms in total. The van der Waals surface area contributed by atoms with Gasteiger partial charge in [0.25, 0.3) is 0 Å². The molecule has 2 atom stereocenters. The van der Waals surface area contributed by atoms with Crippen LogP contribution >= 0.6 is 0 Å². The Morgan fingerprint density at radius 2 is 2.21 bits per heavy atom. The maximum Gasteiger partial charge on any atom is 0.0638 e. The molecule has 0 heterocycles. The zero-order chi connectivity index (χ0) is 10.8. The van der Waals surface area contributed by atoms with Crippen LogP contribution in [0.15, 0.2) is 0 Å². The number of hydrogen-bond acceptors (Lipinski definition) is 3. The third-order valence-electron chi connectivity index (χ3n) is 2.54. The van der Waals surface area contributed by atoms with Crippen LogP contribution in [0.25, 0.3) is 0 Å². The molecule has 0 fully saturated rings. The van der Waals surface area contributed by atoms with Crippen molar-refractivity contribution in [1.29, 1.82) is 5.26 Å². The van der Waals surface area contributed by atoms with Gasteiger partial charge in [0.15, 0.2) is 0 Å². The van der Waals surface area contributed by atoms with E-state index in [1.807, 2.05) is 0 Å². The first-order valence-corrected chi connectivity index (χ1v) is 5.55. The average Bonchev–Trinajstić information content (AvgIpc) is 2.22. The summed E-state index contributed by atoms with van der Waals surface area (Å²) >= 11 is 0. The van der Waals surface area contributed by atoms with E-state index in [4.69, 9.17) is 11.0 Å². The summed E-state index contributed by atoms with van der Waals surface area (Å²) in [5.41, 5.74) is 5.52. The molecule has 14 heavy (non-hydrogen) atoms. The molecule has 0 aliphatic carbocycles. The Morgan fingerprint density at radius 3 is 2.71 bits per heavy atom. The topological polar surface area (TPSA) is 61.8 Å². The first kappa shape index (κ1) is 13.4. The van der Waals surface area contributed by atoms with Crippen LogP contribution in [0.3, 0.4) is 0 Å². The lowest BCUT2D eigenvalue weighted by Crippen LogP contribution is -2.29. The molecule has 0 saturated heterocycles. The van der Waals surface area contributed by atoms with Crippen molar-refractivity contribution in [2.75, 3.05) is 13.1 Å². The minimum atomic E-state index is 0.369. The summed E-state index contributed by atoms with van der Waals surface area (Å²) in [5, 5.41) is 11.9. The monoisotopic (exact) mass is 197 g/mol. The third-order valence-corrected chi connectivity index (χ3v) is 2.54. The zero-order valence-corrected chi connectivity index (χ0v) is 9.42. The maximum atomic E-state index is 8.54. The van der Waals surface area contributed by atoms with Gasteiger partial charge >= 0.3 is 0 Å². The fourth-order valence-electron chi connectivity index (χ4n) is 1.35. The largest absolute Gasteiger partial charge is 0.330 e. The Bertz CT molecular complexity index is 162. The standard InChI is InChI=1S/C11H23N3/c1-3-11(6-7-12)14-8-4-5-10(2)9-13/h10-11,14H,3-6,8-9,13H2,1-2H3. The van der Waals surface area contributed by atoms with Crippen LogP contribution < -0.4 is 11.1 Å². The lowest BCUT2D eigenvalue weighted by atomic mass is 10.1. The first-order chi connectivity index (χ1) is 6.74. The number of nitrogens with one attached hydrogen (secondary N) is 1. The van der Waals surface area contributed by atoms with Gasteiger partial charge in [0.1, 0.15) is 0 Å². The van der Waals surface area contributed by atoms with E-state index in [9.17, 15) is 0 Å². The highest BCUT2D eigenvalue weighted by Crippen LogP contribution is 2.03. The van der Waals surface area contributed by atoms with Crippen LogP contribution in [-0.4, -0.2) is 19.1 Å². The van der Waals surface area contributed by atoms with Crippen molar-refractivity contribution >= 4 is 0 Å². The van der Waals surface area contributed by atoms with Crippen molar-refractivity contribution in [1.82, 2.24) is 5.32 Å². The van der Waals surface area contributed by atoms with Crippen LogP contribution in [0.5, 0.6) is 0 Å². The molecule has 0 aliphatic rings. The van der Waals surface area contributed by atoms with Crippen molar-refractivity contribution in [3.63, 3.8) is 0 Å². The lowest BCUT2D eigenvalue weighted by Gasteiger charge is -2.14. The van der Waals surface area contributed by atoms with Crippen molar-refractivity contribution in [2.24, 2.45) is 11.7 Å². The summed E-state index contributed by atoms with van der Waals surface area (Å²) in [6.45, 7) is 6.06. The van der Waals surface area contributed by atoms with E-state index in [1.54, 1.807) is 0 Å². The van der Waals surface area contributed by atoms with E-state index in [1.165, 1.54) is 6.42 Å². The first-order valence-electron chi connectivity index (χ1n) is 5.55. The van der Waals surface area contributed by atoms with Crippen molar-refractivity contribution in [2.45, 2.75) is 45.6 Å². The predicted molar refractivity (Wildman–Crippen MR) is 59.8 cm³/mol. The van der Waals surface area contributed by atoms with Gasteiger partial charge < -0.3 is 11.1 Å². The van der Waals surface area contributed by atoms with E-state index in [0.717, 1.165) is 25.9 Å². The number of rotatable bonds is 8. The molecule has 3 heteroatoms. The molecular weight excluding hydrogens is 174 g/mol. The quantitative estimate of drug-likeness (QED) is 0.581. The second-order valence-corrected chi connectivity index (χ2v) is 3.90. The molecule has 0 amide bonds. The summed E-state index contributed by atoms with van der Waals surface area (Å²) in [6, 6.07) is 2.57. The minimum absolute atomic E-state index is 0.369. The van der Waals surface area contributed by atoms with Crippen LogP contribution in [0.4, 0.5) is 0 Å². The molecule has 0 aliphatic heterocycles. The Morgan fingerprint density at radius 1 is 1.50 bits per heavy atom. The van der Waals surface area contributed by atoms with Crippen LogP contribution in [0.1, 0.15) is 39.5 Å². The molecule has 0 bridgehead atoms. The Labute approximate surface area is 87.7 Å². The number of nitrogens with zero attached hydrogens (tertiary/aromatic N) is 1. The summed E-state index contributed by atoms with van der Waals surface area (Å²) in [4.78, 5) is 0. The molecular formula is C11H23N3. The van der Waals surface area contributed by atoms with Gasteiger partial charge in [0.2, 0.25) is 0 Å². The van der Waals surface area contributed by atoms with E-state index >= 15 is 0 Å². The van der Waals surface area contributed by atoms with Crippen molar-refractivity contribution in [3.05, 3.63) is 0 Å². The van der Waals surface area contributed by atoms with Crippen molar-refractivity contribution in [3.8, 4) is 6.07 Å². The Hall–Kier alpha value is -0.590. The van der Waals surface area contributed by atoms with Gasteiger partial charge in [-0.1, -0.05) is 13.8 Å². The third kappa shape index (κ3) is 6.88. The summed E-state index contributed by atoms with van der Waals surface area (Å²) in [5.74, 6) is 0.618. The van der Waals surface area contributed by atoms with Gasteiger partial charge in [0.05, 0.1) is 12.5 Å². The second kappa shape index (κ2) is 8.98. The minimum Gasteiger partial charge on any atom is -0.330 e. The molecule has 2 unspecified atom stereocenters. The van der Waals surface area contributed by atoms with Crippen LogP contribution in [-0.2, 0) is 0 Å². The molecule has 0 aromatic carbocycles. The summed E-state index contributed by atoms with van der Waals surface area (Å²) < 4.78 is 0. The number of nitriles is 1. The summed E-state index contributed by atoms with van der Waals surface area (Å²) in [7, 11) is 0. The number of nitrogens with two attached hydrogens (primary N) is 1. The van der Waals surface area contributed by atoms with E-state index in [-0.39, 0.29) is 0 Å². The molecule has 0 radical (unpaired) electrons. The van der Waals surface area contributed by atoms with Gasteiger partial charge in [-0.2, -0.15) is 5.26 Å². The van der Waals surface area contributed by atoms with E-state index in [0.29, 0.717) is 18.4 Å². The molecule has 0 saturated carbocycles. The Balaban J connectivity index is 3.38. The van der Waals surface area contributed by atoms with Gasteiger partial charge in [-0.25, -0.2) is 0 Å². The smallest absolute Gasteiger partial charge is 0.0638 e. The molecule has 3 N–H and O–H groups in total. The molecule has 0 aromatic rings.